The first kappa shape index (κ1) is 13.7. The van der Waals surface area contributed by atoms with Crippen molar-refractivity contribution in [1.29, 1.82) is 0 Å². The van der Waals surface area contributed by atoms with E-state index >= 15 is 0 Å². The van der Waals surface area contributed by atoms with Crippen LogP contribution in [0.4, 0.5) is 4.79 Å². The van der Waals surface area contributed by atoms with Crippen molar-refractivity contribution in [3.05, 3.63) is 0 Å². The van der Waals surface area contributed by atoms with Crippen LogP contribution in [0.1, 0.15) is 33.1 Å². The summed E-state index contributed by atoms with van der Waals surface area (Å²) in [6.45, 7) is 5.78. The van der Waals surface area contributed by atoms with E-state index in [0.717, 1.165) is 0 Å². The Bertz CT molecular complexity index is 203. The molecular formula is C10H20N2O3. The van der Waals surface area contributed by atoms with E-state index in [0.29, 0.717) is 32.5 Å². The molecule has 15 heavy (non-hydrogen) atoms. The van der Waals surface area contributed by atoms with E-state index in [-0.39, 0.29) is 12.5 Å². The van der Waals surface area contributed by atoms with Crippen molar-refractivity contribution in [2.45, 2.75) is 33.1 Å². The number of nitrogens with zero attached hydrogens (tertiary/aromatic N) is 1. The molecule has 0 aliphatic heterocycles. The fourth-order valence-corrected chi connectivity index (χ4v) is 1.22. The molecule has 2 N–H and O–H groups in total. The van der Waals surface area contributed by atoms with Crippen LogP contribution in [-0.4, -0.2) is 41.6 Å². The fraction of sp³-hybridized carbons (Fsp3) is 0.800. The summed E-state index contributed by atoms with van der Waals surface area (Å²) < 4.78 is 0. The lowest BCUT2D eigenvalue weighted by molar-refractivity contribution is -0.137. The van der Waals surface area contributed by atoms with E-state index in [1.165, 1.54) is 0 Å². The number of hydrogen-bond donors (Lipinski definition) is 2. The number of carbonyl (C=O) groups excluding carboxylic acids is 1. The summed E-state index contributed by atoms with van der Waals surface area (Å²) in [6, 6.07) is -0.0738. The maximum absolute atomic E-state index is 11.4. The van der Waals surface area contributed by atoms with Gasteiger partial charge in [0.2, 0.25) is 0 Å². The molecule has 0 rings (SSSR count). The number of amides is 2. The van der Waals surface area contributed by atoms with E-state index in [2.05, 4.69) is 5.32 Å². The van der Waals surface area contributed by atoms with Gasteiger partial charge in [-0.3, -0.25) is 4.79 Å². The lowest BCUT2D eigenvalue weighted by Crippen LogP contribution is -2.40. The molecule has 88 valence electrons. The van der Waals surface area contributed by atoms with Crippen LogP contribution in [0.25, 0.3) is 0 Å². The summed E-state index contributed by atoms with van der Waals surface area (Å²) in [5.74, 6) is -0.787. The third-order valence-electron chi connectivity index (χ3n) is 2.14. The van der Waals surface area contributed by atoms with E-state index in [1.807, 2.05) is 13.8 Å². The maximum atomic E-state index is 11.4. The quantitative estimate of drug-likeness (QED) is 0.630. The lowest BCUT2D eigenvalue weighted by Gasteiger charge is -2.18. The largest absolute Gasteiger partial charge is 0.481 e. The van der Waals surface area contributed by atoms with Gasteiger partial charge in [-0.15, -0.1) is 0 Å². The highest BCUT2D eigenvalue weighted by Gasteiger charge is 2.07. The van der Waals surface area contributed by atoms with E-state index in [9.17, 15) is 9.59 Å². The number of hydrogen-bond acceptors (Lipinski definition) is 2. The van der Waals surface area contributed by atoms with E-state index in [1.54, 1.807) is 4.90 Å². The number of carbonyl (C=O) groups is 2. The maximum Gasteiger partial charge on any atom is 0.317 e. The van der Waals surface area contributed by atoms with Crippen molar-refractivity contribution in [3.63, 3.8) is 0 Å². The molecular weight excluding hydrogens is 196 g/mol. The number of nitrogens with one attached hydrogen (secondary N) is 1. The first-order valence-electron chi connectivity index (χ1n) is 5.36. The number of unbranched alkanes of at least 4 members (excludes halogenated alkanes) is 1. The summed E-state index contributed by atoms with van der Waals surface area (Å²) in [4.78, 5) is 23.3. The molecule has 0 atom stereocenters. The average molecular weight is 216 g/mol. The SMILES string of the molecule is CCN(CC)C(=O)NCCCCC(=O)O. The minimum absolute atomic E-state index is 0.0738. The van der Waals surface area contributed by atoms with Crippen LogP contribution < -0.4 is 5.32 Å². The molecule has 0 unspecified atom stereocenters. The van der Waals surface area contributed by atoms with Crippen molar-refractivity contribution >= 4 is 12.0 Å². The van der Waals surface area contributed by atoms with Crippen molar-refractivity contribution in [1.82, 2.24) is 10.2 Å². The van der Waals surface area contributed by atoms with Crippen LogP contribution in [0.5, 0.6) is 0 Å². The van der Waals surface area contributed by atoms with Crippen LogP contribution in [0.3, 0.4) is 0 Å². The van der Waals surface area contributed by atoms with Crippen molar-refractivity contribution in [3.8, 4) is 0 Å². The Morgan fingerprint density at radius 2 is 1.80 bits per heavy atom. The molecule has 0 aromatic heterocycles. The molecule has 0 bridgehead atoms. The highest BCUT2D eigenvalue weighted by molar-refractivity contribution is 5.74. The second-order valence-corrected chi connectivity index (χ2v) is 3.26. The first-order valence-corrected chi connectivity index (χ1v) is 5.36. The van der Waals surface area contributed by atoms with Crippen LogP contribution in [0, 0.1) is 0 Å². The zero-order valence-electron chi connectivity index (χ0n) is 9.45. The second-order valence-electron chi connectivity index (χ2n) is 3.26. The molecule has 5 heteroatoms. The summed E-state index contributed by atoms with van der Waals surface area (Å²) in [7, 11) is 0. The average Bonchev–Trinajstić information content (AvgIpc) is 2.18. The Morgan fingerprint density at radius 3 is 2.27 bits per heavy atom. The van der Waals surface area contributed by atoms with E-state index in [4.69, 9.17) is 5.11 Å². The monoisotopic (exact) mass is 216 g/mol. The molecule has 0 aromatic rings. The summed E-state index contributed by atoms with van der Waals surface area (Å²) in [5, 5.41) is 11.1. The highest BCUT2D eigenvalue weighted by atomic mass is 16.4. The van der Waals surface area contributed by atoms with Gasteiger partial charge in [-0.2, -0.15) is 0 Å². The Hall–Kier alpha value is -1.26. The molecule has 0 saturated heterocycles. The first-order chi connectivity index (χ1) is 7.11. The van der Waals surface area contributed by atoms with Gasteiger partial charge in [-0.05, 0) is 26.7 Å². The third-order valence-corrected chi connectivity index (χ3v) is 2.14. The van der Waals surface area contributed by atoms with Crippen molar-refractivity contribution in [2.24, 2.45) is 0 Å². The van der Waals surface area contributed by atoms with Crippen LogP contribution in [0.2, 0.25) is 0 Å². The van der Waals surface area contributed by atoms with Gasteiger partial charge >= 0.3 is 12.0 Å². The number of carboxylic acids is 1. The van der Waals surface area contributed by atoms with Gasteiger partial charge in [-0.1, -0.05) is 0 Å². The molecule has 0 aromatic carbocycles. The normalized spacial score (nSPS) is 9.73. The summed E-state index contributed by atoms with van der Waals surface area (Å²) in [6.07, 6.45) is 1.48. The van der Waals surface area contributed by atoms with Gasteiger partial charge in [0.1, 0.15) is 0 Å². The van der Waals surface area contributed by atoms with Gasteiger partial charge in [-0.25, -0.2) is 4.79 Å². The topological polar surface area (TPSA) is 69.6 Å². The minimum Gasteiger partial charge on any atom is -0.481 e. The van der Waals surface area contributed by atoms with Crippen LogP contribution in [-0.2, 0) is 4.79 Å². The molecule has 0 saturated carbocycles. The van der Waals surface area contributed by atoms with Crippen molar-refractivity contribution in [2.75, 3.05) is 19.6 Å². The van der Waals surface area contributed by atoms with Gasteiger partial charge in [0.05, 0.1) is 0 Å². The predicted octanol–water partition coefficient (Wildman–Crippen LogP) is 1.29. The molecule has 0 fully saturated rings. The Morgan fingerprint density at radius 1 is 1.20 bits per heavy atom. The molecule has 0 aliphatic rings. The second kappa shape index (κ2) is 8.08. The smallest absolute Gasteiger partial charge is 0.317 e. The van der Waals surface area contributed by atoms with Gasteiger partial charge in [0, 0.05) is 26.1 Å². The number of urea groups is 1. The lowest BCUT2D eigenvalue weighted by atomic mass is 10.2. The van der Waals surface area contributed by atoms with E-state index < -0.39 is 5.97 Å². The van der Waals surface area contributed by atoms with Crippen LogP contribution in [0.15, 0.2) is 0 Å². The molecule has 0 spiro atoms. The van der Waals surface area contributed by atoms with Gasteiger partial charge < -0.3 is 15.3 Å². The molecule has 5 nitrogen and oxygen atoms in total. The molecule has 0 aliphatic carbocycles. The molecule has 0 heterocycles. The molecule has 0 radical (unpaired) electrons. The summed E-state index contributed by atoms with van der Waals surface area (Å²) in [5.41, 5.74) is 0. The van der Waals surface area contributed by atoms with Crippen LogP contribution >= 0.6 is 0 Å². The Balaban J connectivity index is 3.50. The Kier molecular flexibility index (Phi) is 7.40. The summed E-state index contributed by atoms with van der Waals surface area (Å²) >= 11 is 0. The highest BCUT2D eigenvalue weighted by Crippen LogP contribution is 1.94. The Labute approximate surface area is 90.5 Å². The minimum atomic E-state index is -0.787. The number of aliphatic carboxylic acids is 1. The zero-order valence-corrected chi connectivity index (χ0v) is 9.45. The number of rotatable bonds is 7. The molecule has 2 amide bonds. The third kappa shape index (κ3) is 6.76. The zero-order chi connectivity index (χ0) is 11.7. The predicted molar refractivity (Wildman–Crippen MR) is 57.8 cm³/mol. The van der Waals surface area contributed by atoms with Gasteiger partial charge in [0.25, 0.3) is 0 Å². The standard InChI is InChI=1S/C10H20N2O3/c1-3-12(4-2)10(15)11-8-6-5-7-9(13)14/h3-8H2,1-2H3,(H,11,15)(H,13,14). The van der Waals surface area contributed by atoms with Gasteiger partial charge in [0.15, 0.2) is 0 Å². The number of carboxylic acid groups (broad SMARTS) is 1. The fourth-order valence-electron chi connectivity index (χ4n) is 1.22. The van der Waals surface area contributed by atoms with Crippen molar-refractivity contribution < 1.29 is 14.7 Å².